The first-order chi connectivity index (χ1) is 11.0. The van der Waals surface area contributed by atoms with Crippen molar-refractivity contribution in [2.45, 2.75) is 32.6 Å². The van der Waals surface area contributed by atoms with Crippen molar-refractivity contribution in [3.05, 3.63) is 33.6 Å². The summed E-state index contributed by atoms with van der Waals surface area (Å²) in [4.78, 5) is 18.8. The van der Waals surface area contributed by atoms with Gasteiger partial charge in [0.2, 0.25) is 0 Å². The smallest absolute Gasteiger partial charge is 0.293 e. The number of carbonyl (C=O) groups excluding carboxylic acids is 1. The third-order valence-corrected chi connectivity index (χ3v) is 4.68. The van der Waals surface area contributed by atoms with Crippen LogP contribution in [0.25, 0.3) is 0 Å². The molecule has 23 heavy (non-hydrogen) atoms. The van der Waals surface area contributed by atoms with Crippen molar-refractivity contribution in [3.8, 4) is 0 Å². The van der Waals surface area contributed by atoms with E-state index >= 15 is 0 Å². The van der Waals surface area contributed by atoms with Crippen LogP contribution in [0.5, 0.6) is 0 Å². The van der Waals surface area contributed by atoms with Gasteiger partial charge in [-0.1, -0.05) is 0 Å². The van der Waals surface area contributed by atoms with Gasteiger partial charge in [-0.05, 0) is 41.9 Å². The molecule has 6 nitrogen and oxygen atoms in total. The Labute approximate surface area is 147 Å². The number of carbonyl (C=O) groups is 1. The second-order valence-corrected chi connectivity index (χ2v) is 7.29. The minimum Gasteiger partial charge on any atom is -0.444 e. The lowest BCUT2D eigenvalue weighted by molar-refractivity contribution is -0.0707. The number of hydrogen-bond donors (Lipinski definition) is 1. The van der Waals surface area contributed by atoms with Crippen molar-refractivity contribution in [1.82, 2.24) is 9.88 Å². The molecule has 1 saturated heterocycles. The number of nitrogens with one attached hydrogen (secondary N) is 1. The van der Waals surface area contributed by atoms with Crippen LogP contribution in [-0.4, -0.2) is 41.1 Å². The molecule has 3 heterocycles. The Hall–Kier alpha value is -1.22. The normalized spacial score (nSPS) is 22.2. The SMILES string of the molecule is CC1CN(Cc2csc(NC(=O)c3ccc(Br)o3)n2)CC(C)O1. The quantitative estimate of drug-likeness (QED) is 0.853. The van der Waals surface area contributed by atoms with Gasteiger partial charge in [-0.3, -0.25) is 15.0 Å². The molecule has 2 unspecified atom stereocenters. The van der Waals surface area contributed by atoms with Gasteiger partial charge in [0, 0.05) is 25.0 Å². The van der Waals surface area contributed by atoms with E-state index in [2.05, 4.69) is 45.0 Å². The number of anilines is 1. The van der Waals surface area contributed by atoms with Crippen molar-refractivity contribution in [2.75, 3.05) is 18.4 Å². The molecule has 0 aliphatic carbocycles. The predicted octanol–water partition coefficient (Wildman–Crippen LogP) is 3.36. The van der Waals surface area contributed by atoms with Gasteiger partial charge in [0.1, 0.15) is 0 Å². The number of morpholine rings is 1. The summed E-state index contributed by atoms with van der Waals surface area (Å²) in [6.07, 6.45) is 0.461. The number of thiazole rings is 1. The zero-order valence-electron chi connectivity index (χ0n) is 12.9. The summed E-state index contributed by atoms with van der Waals surface area (Å²) in [7, 11) is 0. The Morgan fingerprint density at radius 2 is 2.17 bits per heavy atom. The van der Waals surface area contributed by atoms with E-state index in [0.717, 1.165) is 25.3 Å². The molecule has 0 bridgehead atoms. The molecular formula is C15H18BrN3O3S. The Morgan fingerprint density at radius 3 is 2.83 bits per heavy atom. The van der Waals surface area contributed by atoms with Gasteiger partial charge in [0.05, 0.1) is 17.9 Å². The summed E-state index contributed by atoms with van der Waals surface area (Å²) < 4.78 is 11.5. The second-order valence-electron chi connectivity index (χ2n) is 5.65. The van der Waals surface area contributed by atoms with Gasteiger partial charge in [0.25, 0.3) is 5.91 Å². The minimum atomic E-state index is -0.301. The maximum atomic E-state index is 12.0. The van der Waals surface area contributed by atoms with Crippen LogP contribution in [0.3, 0.4) is 0 Å². The van der Waals surface area contributed by atoms with Gasteiger partial charge in [-0.15, -0.1) is 11.3 Å². The second kappa shape index (κ2) is 7.12. The highest BCUT2D eigenvalue weighted by Crippen LogP contribution is 2.21. The molecule has 0 aromatic carbocycles. The van der Waals surface area contributed by atoms with Crippen LogP contribution in [0.15, 0.2) is 26.6 Å². The van der Waals surface area contributed by atoms with Gasteiger partial charge >= 0.3 is 0 Å². The van der Waals surface area contributed by atoms with E-state index in [9.17, 15) is 4.79 Å². The summed E-state index contributed by atoms with van der Waals surface area (Å²) >= 11 is 4.59. The highest BCUT2D eigenvalue weighted by molar-refractivity contribution is 9.10. The molecule has 1 fully saturated rings. The third kappa shape index (κ3) is 4.41. The molecule has 3 rings (SSSR count). The topological polar surface area (TPSA) is 67.6 Å². The Balaban J connectivity index is 1.58. The van der Waals surface area contributed by atoms with E-state index in [0.29, 0.717) is 9.80 Å². The highest BCUT2D eigenvalue weighted by Gasteiger charge is 2.23. The van der Waals surface area contributed by atoms with Crippen molar-refractivity contribution in [2.24, 2.45) is 0 Å². The van der Waals surface area contributed by atoms with Crippen molar-refractivity contribution in [3.63, 3.8) is 0 Å². The third-order valence-electron chi connectivity index (χ3n) is 3.45. The van der Waals surface area contributed by atoms with Crippen LogP contribution in [0.2, 0.25) is 0 Å². The average molecular weight is 400 g/mol. The van der Waals surface area contributed by atoms with Crippen LogP contribution in [-0.2, 0) is 11.3 Å². The van der Waals surface area contributed by atoms with Crippen molar-refractivity contribution in [1.29, 1.82) is 0 Å². The van der Waals surface area contributed by atoms with Crippen LogP contribution in [0.1, 0.15) is 30.1 Å². The lowest BCUT2D eigenvalue weighted by atomic mass is 10.2. The fourth-order valence-corrected chi connectivity index (χ4v) is 3.68. The number of aromatic nitrogens is 1. The van der Waals surface area contributed by atoms with E-state index < -0.39 is 0 Å². The summed E-state index contributed by atoms with van der Waals surface area (Å²) in [5.41, 5.74) is 0.951. The number of amides is 1. The molecule has 0 spiro atoms. The lowest BCUT2D eigenvalue weighted by Crippen LogP contribution is -2.44. The lowest BCUT2D eigenvalue weighted by Gasteiger charge is -2.34. The molecule has 1 amide bonds. The van der Waals surface area contributed by atoms with Gasteiger partial charge in [0.15, 0.2) is 15.6 Å². The molecule has 1 aliphatic heterocycles. The largest absolute Gasteiger partial charge is 0.444 e. The molecule has 0 saturated carbocycles. The minimum absolute atomic E-state index is 0.231. The zero-order chi connectivity index (χ0) is 16.4. The Kier molecular flexibility index (Phi) is 5.15. The molecule has 124 valence electrons. The van der Waals surface area contributed by atoms with Crippen LogP contribution < -0.4 is 5.32 Å². The van der Waals surface area contributed by atoms with E-state index in [1.807, 2.05) is 5.38 Å². The molecule has 2 atom stereocenters. The van der Waals surface area contributed by atoms with Crippen LogP contribution in [0.4, 0.5) is 5.13 Å². The maximum Gasteiger partial charge on any atom is 0.293 e. The summed E-state index contributed by atoms with van der Waals surface area (Å²) in [6.45, 7) is 6.71. The first-order valence-electron chi connectivity index (χ1n) is 7.38. The fourth-order valence-electron chi connectivity index (χ4n) is 2.67. The first kappa shape index (κ1) is 16.6. The predicted molar refractivity (Wildman–Crippen MR) is 91.8 cm³/mol. The van der Waals surface area contributed by atoms with Gasteiger partial charge in [-0.2, -0.15) is 0 Å². The molecule has 8 heteroatoms. The number of halogens is 1. The molecular weight excluding hydrogens is 382 g/mol. The first-order valence-corrected chi connectivity index (χ1v) is 9.06. The molecule has 1 aliphatic rings. The summed E-state index contributed by atoms with van der Waals surface area (Å²) in [6, 6.07) is 3.30. The number of hydrogen-bond acceptors (Lipinski definition) is 6. The van der Waals surface area contributed by atoms with E-state index in [1.54, 1.807) is 12.1 Å². The van der Waals surface area contributed by atoms with Gasteiger partial charge < -0.3 is 9.15 Å². The molecule has 0 radical (unpaired) electrons. The summed E-state index contributed by atoms with van der Waals surface area (Å²) in [5.74, 6) is -0.0466. The van der Waals surface area contributed by atoms with Gasteiger partial charge in [-0.25, -0.2) is 4.98 Å². The zero-order valence-corrected chi connectivity index (χ0v) is 15.3. The average Bonchev–Trinajstić information content (AvgIpc) is 3.07. The standard InChI is InChI=1S/C15H18BrN3O3S/c1-9-5-19(6-10(2)21-9)7-11-8-23-15(17-11)18-14(20)12-3-4-13(16)22-12/h3-4,8-10H,5-7H2,1-2H3,(H,17,18,20). The van der Waals surface area contributed by atoms with Crippen molar-refractivity contribution < 1.29 is 13.9 Å². The number of rotatable bonds is 4. The number of nitrogens with zero attached hydrogens (tertiary/aromatic N) is 2. The molecule has 1 N–H and O–H groups in total. The van der Waals surface area contributed by atoms with E-state index in [4.69, 9.17) is 9.15 Å². The fraction of sp³-hybridized carbons (Fsp3) is 0.467. The summed E-state index contributed by atoms with van der Waals surface area (Å²) in [5, 5.41) is 5.30. The highest BCUT2D eigenvalue weighted by atomic mass is 79.9. The Morgan fingerprint density at radius 1 is 1.43 bits per heavy atom. The number of furan rings is 1. The van der Waals surface area contributed by atoms with Crippen molar-refractivity contribution >= 4 is 38.3 Å². The van der Waals surface area contributed by atoms with E-state index in [1.165, 1.54) is 11.3 Å². The van der Waals surface area contributed by atoms with Crippen LogP contribution in [0, 0.1) is 0 Å². The number of ether oxygens (including phenoxy) is 1. The monoisotopic (exact) mass is 399 g/mol. The Bertz CT molecular complexity index is 677. The maximum absolute atomic E-state index is 12.0. The van der Waals surface area contributed by atoms with Crippen LogP contribution >= 0.6 is 27.3 Å². The molecule has 2 aromatic rings. The molecule has 2 aromatic heterocycles. The van der Waals surface area contributed by atoms with E-state index in [-0.39, 0.29) is 23.9 Å².